The van der Waals surface area contributed by atoms with Gasteiger partial charge in [0, 0.05) is 46.8 Å². The van der Waals surface area contributed by atoms with Crippen LogP contribution in [0.15, 0.2) is 97.2 Å². The lowest BCUT2D eigenvalue weighted by Gasteiger charge is -2.22. The Balaban J connectivity index is 1.34. The lowest BCUT2D eigenvalue weighted by Crippen LogP contribution is -2.13. The van der Waals surface area contributed by atoms with Crippen LogP contribution in [0.5, 0.6) is 17.2 Å². The van der Waals surface area contributed by atoms with E-state index >= 15 is 0 Å². The molecule has 0 radical (unpaired) electrons. The van der Waals surface area contributed by atoms with Gasteiger partial charge in [-0.1, -0.05) is 105 Å². The van der Waals surface area contributed by atoms with E-state index in [4.69, 9.17) is 19.6 Å². The number of aryl methyl sites for hydroxylation is 1. The third-order valence-electron chi connectivity index (χ3n) is 10.4. The fraction of sp³-hybridized carbons (Fsp3) is 0.333. The van der Waals surface area contributed by atoms with Crippen molar-refractivity contribution in [2.75, 3.05) is 7.11 Å². The van der Waals surface area contributed by atoms with Gasteiger partial charge in [0.15, 0.2) is 0 Å². The normalized spacial score (nSPS) is 12.3. The van der Waals surface area contributed by atoms with E-state index in [1.807, 2.05) is 18.3 Å². The third-order valence-corrected chi connectivity index (χ3v) is 10.4. The van der Waals surface area contributed by atoms with Crippen LogP contribution in [0.4, 0.5) is 0 Å². The van der Waals surface area contributed by atoms with Crippen LogP contribution in [0.1, 0.15) is 103 Å². The monoisotopic (exact) mass is 718 g/mol. The summed E-state index contributed by atoms with van der Waals surface area (Å²) in [5.74, 6) is 3.23. The first-order valence-corrected chi connectivity index (χ1v) is 19.3. The second-order valence-electron chi connectivity index (χ2n) is 17.0. The molecule has 0 aliphatic heterocycles. The highest BCUT2D eigenvalue weighted by Crippen LogP contribution is 2.40. The molecule has 3 heterocycles. The summed E-state index contributed by atoms with van der Waals surface area (Å²) in [6.45, 7) is 22.4. The van der Waals surface area contributed by atoms with Crippen molar-refractivity contribution in [3.8, 4) is 39.9 Å². The maximum absolute atomic E-state index is 6.73. The molecule has 0 atom stereocenters. The molecule has 6 nitrogen and oxygen atoms in total. The molecular formula is C48H54N4O2. The summed E-state index contributed by atoms with van der Waals surface area (Å²) in [5.41, 5.74) is 11.7. The molecule has 0 unspecified atom stereocenters. The minimum absolute atomic E-state index is 0.00706. The lowest BCUT2D eigenvalue weighted by atomic mass is 9.82. The highest BCUT2D eigenvalue weighted by molar-refractivity contribution is 6.09. The van der Waals surface area contributed by atoms with Gasteiger partial charge >= 0.3 is 0 Å². The van der Waals surface area contributed by atoms with Crippen LogP contribution in [0.2, 0.25) is 0 Å². The van der Waals surface area contributed by atoms with Crippen LogP contribution in [0.3, 0.4) is 0 Å². The van der Waals surface area contributed by atoms with Gasteiger partial charge in [0.25, 0.3) is 0 Å². The van der Waals surface area contributed by atoms with Crippen LogP contribution in [0, 0.1) is 6.92 Å². The molecule has 0 spiro atoms. The maximum Gasteiger partial charge on any atom is 0.137 e. The van der Waals surface area contributed by atoms with Gasteiger partial charge in [-0.25, -0.2) is 9.67 Å². The largest absolute Gasteiger partial charge is 0.497 e. The van der Waals surface area contributed by atoms with Gasteiger partial charge in [0.1, 0.15) is 23.1 Å². The van der Waals surface area contributed by atoms with Crippen molar-refractivity contribution in [3.05, 3.63) is 125 Å². The highest BCUT2D eigenvalue weighted by Gasteiger charge is 2.25. The van der Waals surface area contributed by atoms with Gasteiger partial charge in [-0.15, -0.1) is 0 Å². The quantitative estimate of drug-likeness (QED) is 0.149. The number of methoxy groups -OCH3 is 1. The number of aromatic nitrogens is 4. The van der Waals surface area contributed by atoms with E-state index < -0.39 is 0 Å². The zero-order valence-corrected chi connectivity index (χ0v) is 33.8. The van der Waals surface area contributed by atoms with E-state index in [1.54, 1.807) is 7.11 Å². The molecule has 7 aromatic rings. The lowest BCUT2D eigenvalue weighted by molar-refractivity contribution is 0.408. The van der Waals surface area contributed by atoms with E-state index in [0.29, 0.717) is 11.5 Å². The molecule has 4 aromatic carbocycles. The Labute approximate surface area is 320 Å². The molecule has 0 amide bonds. The number of nitrogens with zero attached hydrogens (tertiary/aromatic N) is 4. The van der Waals surface area contributed by atoms with Gasteiger partial charge in [-0.05, 0) is 82.7 Å². The maximum atomic E-state index is 6.73. The average molecular weight is 719 g/mol. The van der Waals surface area contributed by atoms with Crippen molar-refractivity contribution in [3.63, 3.8) is 0 Å². The summed E-state index contributed by atoms with van der Waals surface area (Å²) in [5, 5.41) is 7.65. The number of rotatable bonds is 9. The van der Waals surface area contributed by atoms with Crippen molar-refractivity contribution in [2.45, 2.75) is 98.8 Å². The zero-order valence-electron chi connectivity index (χ0n) is 33.8. The molecule has 0 saturated carbocycles. The molecule has 6 heteroatoms. The van der Waals surface area contributed by atoms with Gasteiger partial charge in [-0.3, -0.25) is 4.57 Å². The fourth-order valence-electron chi connectivity index (χ4n) is 7.79. The predicted molar refractivity (Wildman–Crippen MR) is 224 cm³/mol. The van der Waals surface area contributed by atoms with Crippen LogP contribution in [-0.4, -0.2) is 26.4 Å². The van der Waals surface area contributed by atoms with Crippen molar-refractivity contribution >= 4 is 21.8 Å². The molecule has 0 bridgehead atoms. The summed E-state index contributed by atoms with van der Waals surface area (Å²) in [4.78, 5) is 4.86. The minimum atomic E-state index is -0.00706. The molecule has 54 heavy (non-hydrogen) atoms. The first kappa shape index (κ1) is 37.0. The summed E-state index contributed by atoms with van der Waals surface area (Å²) in [6, 6.07) is 32.1. The van der Waals surface area contributed by atoms with E-state index in [9.17, 15) is 0 Å². The van der Waals surface area contributed by atoms with Gasteiger partial charge in [0.05, 0.1) is 35.2 Å². The summed E-state index contributed by atoms with van der Waals surface area (Å²) in [6.07, 6.45) is 3.78. The van der Waals surface area contributed by atoms with Gasteiger partial charge < -0.3 is 9.47 Å². The van der Waals surface area contributed by atoms with E-state index in [2.05, 4.69) is 157 Å². The number of pyridine rings is 1. The number of benzene rings is 4. The Morgan fingerprint density at radius 3 is 2.17 bits per heavy atom. The van der Waals surface area contributed by atoms with Gasteiger partial charge in [-0.2, -0.15) is 5.10 Å². The topological polar surface area (TPSA) is 54.1 Å². The van der Waals surface area contributed by atoms with E-state index in [0.717, 1.165) is 52.2 Å². The number of ether oxygens (including phenoxy) is 2. The molecule has 0 saturated heterocycles. The summed E-state index contributed by atoms with van der Waals surface area (Å²) in [7, 11) is 1.70. The molecule has 0 fully saturated rings. The standard InChI is InChI=1S/C48H54N4O2/c1-12-15-42-45(32-18-21-40(31(4)24-32)48(8,9)10)46(30(2)3)50-52(42)34-26-36(53-11)28-37(27-34)54-35-19-20-39-38-16-13-14-17-41(38)51(43(39)29-35)44-25-33(22-23-49-44)47(5,6)7/h13-14,16-30H,12,15H2,1-11H3. The Hall–Kier alpha value is -5.36. The Morgan fingerprint density at radius 1 is 0.741 bits per heavy atom. The average Bonchev–Trinajstić information content (AvgIpc) is 3.67. The predicted octanol–water partition coefficient (Wildman–Crippen LogP) is 12.8. The summed E-state index contributed by atoms with van der Waals surface area (Å²) < 4.78 is 17.0. The zero-order chi connectivity index (χ0) is 38.5. The van der Waals surface area contributed by atoms with Crippen LogP contribution in [-0.2, 0) is 17.3 Å². The van der Waals surface area contributed by atoms with Gasteiger partial charge in [0.2, 0.25) is 0 Å². The highest BCUT2D eigenvalue weighted by atomic mass is 16.5. The van der Waals surface area contributed by atoms with E-state index in [1.165, 1.54) is 38.9 Å². The number of para-hydroxylation sites is 1. The van der Waals surface area contributed by atoms with Crippen molar-refractivity contribution in [2.24, 2.45) is 0 Å². The third kappa shape index (κ3) is 6.90. The van der Waals surface area contributed by atoms with Crippen LogP contribution >= 0.6 is 0 Å². The SMILES string of the molecule is CCCc1c(-c2ccc(C(C)(C)C)c(C)c2)c(C(C)C)nn1-c1cc(OC)cc(Oc2ccc3c4ccccc4n(-c4cc(C(C)(C)C)ccn4)c3c2)c1. The van der Waals surface area contributed by atoms with Crippen molar-refractivity contribution in [1.82, 2.24) is 19.3 Å². The number of hydrogen-bond acceptors (Lipinski definition) is 4. The second kappa shape index (κ2) is 14.1. The van der Waals surface area contributed by atoms with Crippen LogP contribution < -0.4 is 9.47 Å². The Morgan fingerprint density at radius 2 is 1.48 bits per heavy atom. The Bertz CT molecular complexity index is 2490. The number of fused-ring (bicyclic) bond motifs is 3. The molecule has 0 aliphatic rings. The minimum Gasteiger partial charge on any atom is -0.497 e. The van der Waals surface area contributed by atoms with E-state index in [-0.39, 0.29) is 16.7 Å². The molecule has 7 rings (SSSR count). The smallest absolute Gasteiger partial charge is 0.137 e. The fourth-order valence-corrected chi connectivity index (χ4v) is 7.79. The molecule has 3 aromatic heterocycles. The number of hydrogen-bond donors (Lipinski definition) is 0. The second-order valence-corrected chi connectivity index (χ2v) is 17.0. The van der Waals surface area contributed by atoms with Crippen molar-refractivity contribution < 1.29 is 9.47 Å². The molecule has 278 valence electrons. The molecule has 0 N–H and O–H groups in total. The summed E-state index contributed by atoms with van der Waals surface area (Å²) >= 11 is 0. The first-order chi connectivity index (χ1) is 25.7. The van der Waals surface area contributed by atoms with Crippen LogP contribution in [0.25, 0.3) is 44.4 Å². The van der Waals surface area contributed by atoms with Crippen molar-refractivity contribution in [1.29, 1.82) is 0 Å². The molecule has 0 aliphatic carbocycles. The Kier molecular flexibility index (Phi) is 9.68. The first-order valence-electron chi connectivity index (χ1n) is 19.3. The molecular weight excluding hydrogens is 665 g/mol.